The molecule has 0 spiro atoms. The van der Waals surface area contributed by atoms with Gasteiger partial charge < -0.3 is 19.9 Å². The fraction of sp³-hybridized carbons (Fsp3) is 0.556. The Hall–Kier alpha value is -1.79. The summed E-state index contributed by atoms with van der Waals surface area (Å²) in [6.45, 7) is 4.15. The normalized spacial score (nSPS) is 15.0. The van der Waals surface area contributed by atoms with Crippen LogP contribution in [0.1, 0.15) is 19.3 Å². The smallest absolute Gasteiger partial charge is 0.239 e. The first-order valence-electron chi connectivity index (χ1n) is 8.63. The number of unbranched alkanes of at least 4 members (excludes halogenated alkanes) is 1. The minimum atomic E-state index is -0.236. The van der Waals surface area contributed by atoms with E-state index >= 15 is 0 Å². The quantitative estimate of drug-likeness (QED) is 0.565. The Labute approximate surface area is 154 Å². The van der Waals surface area contributed by atoms with Crippen molar-refractivity contribution >= 4 is 29.1 Å². The Morgan fingerprint density at radius 2 is 1.80 bits per heavy atom. The fourth-order valence-corrected chi connectivity index (χ4v) is 2.68. The molecule has 0 aliphatic carbocycles. The zero-order valence-electron chi connectivity index (χ0n) is 14.7. The van der Waals surface area contributed by atoms with Crippen LogP contribution >= 0.6 is 11.6 Å². The van der Waals surface area contributed by atoms with Crippen LogP contribution in [0, 0.1) is 0 Å². The fourth-order valence-electron chi connectivity index (χ4n) is 2.61. The third kappa shape index (κ3) is 6.92. The van der Waals surface area contributed by atoms with Gasteiger partial charge in [-0.1, -0.05) is 0 Å². The number of hydrogen-bond donors (Lipinski definition) is 1. The largest absolute Gasteiger partial charge is 0.494 e. The summed E-state index contributed by atoms with van der Waals surface area (Å²) in [6.07, 6.45) is 2.25. The third-order valence-corrected chi connectivity index (χ3v) is 4.41. The molecule has 2 rings (SSSR count). The molecule has 138 valence electrons. The van der Waals surface area contributed by atoms with E-state index < -0.39 is 0 Å². The standard InChI is InChI=1S/C18H26ClN3O3/c1-21-9-11-22(12-10-21)18(24)4-2-3-13-25-16-7-5-15(6-8-16)20-17(23)14-19/h5-8H,2-4,9-14H2,1H3,(H,20,23). The van der Waals surface area contributed by atoms with Gasteiger partial charge in [-0.05, 0) is 44.2 Å². The number of likely N-dealkylation sites (N-methyl/N-ethyl adjacent to an activating group) is 1. The second-order valence-electron chi connectivity index (χ2n) is 6.20. The van der Waals surface area contributed by atoms with Crippen molar-refractivity contribution in [2.75, 3.05) is 51.0 Å². The summed E-state index contributed by atoms with van der Waals surface area (Å²) < 4.78 is 5.66. The Morgan fingerprint density at radius 3 is 2.44 bits per heavy atom. The van der Waals surface area contributed by atoms with E-state index in [4.69, 9.17) is 16.3 Å². The highest BCUT2D eigenvalue weighted by Gasteiger charge is 2.18. The molecule has 1 aromatic carbocycles. The van der Waals surface area contributed by atoms with Crippen LogP contribution in [0.2, 0.25) is 0 Å². The summed E-state index contributed by atoms with van der Waals surface area (Å²) in [5.41, 5.74) is 0.691. The number of piperazine rings is 1. The predicted molar refractivity (Wildman–Crippen MR) is 99.2 cm³/mol. The predicted octanol–water partition coefficient (Wildman–Crippen LogP) is 2.19. The lowest BCUT2D eigenvalue weighted by Gasteiger charge is -2.32. The zero-order chi connectivity index (χ0) is 18.1. The van der Waals surface area contributed by atoms with Gasteiger partial charge in [0, 0.05) is 38.3 Å². The third-order valence-electron chi connectivity index (χ3n) is 4.17. The molecule has 1 N–H and O–H groups in total. The highest BCUT2D eigenvalue weighted by molar-refractivity contribution is 6.29. The lowest BCUT2D eigenvalue weighted by atomic mass is 10.2. The van der Waals surface area contributed by atoms with Gasteiger partial charge in [-0.15, -0.1) is 11.6 Å². The first kappa shape index (κ1) is 19.5. The zero-order valence-corrected chi connectivity index (χ0v) is 15.4. The molecule has 1 aliphatic heterocycles. The first-order valence-corrected chi connectivity index (χ1v) is 9.17. The van der Waals surface area contributed by atoms with Gasteiger partial charge in [-0.3, -0.25) is 9.59 Å². The van der Waals surface area contributed by atoms with Crippen molar-refractivity contribution in [1.29, 1.82) is 0 Å². The Bertz CT molecular complexity index is 557. The van der Waals surface area contributed by atoms with Crippen LogP contribution < -0.4 is 10.1 Å². The molecule has 0 unspecified atom stereocenters. The topological polar surface area (TPSA) is 61.9 Å². The number of alkyl halides is 1. The minimum absolute atomic E-state index is 0.0644. The molecule has 7 heteroatoms. The van der Waals surface area contributed by atoms with E-state index in [9.17, 15) is 9.59 Å². The molecule has 1 aromatic rings. The van der Waals surface area contributed by atoms with Crippen molar-refractivity contribution in [2.24, 2.45) is 0 Å². The number of carbonyl (C=O) groups excluding carboxylic acids is 2. The number of hydrogen-bond acceptors (Lipinski definition) is 4. The number of ether oxygens (including phenoxy) is 1. The van der Waals surface area contributed by atoms with E-state index in [2.05, 4.69) is 17.3 Å². The number of nitrogens with zero attached hydrogens (tertiary/aromatic N) is 2. The van der Waals surface area contributed by atoms with Crippen molar-refractivity contribution in [3.63, 3.8) is 0 Å². The van der Waals surface area contributed by atoms with Crippen LogP contribution in [-0.4, -0.2) is 67.3 Å². The molecular weight excluding hydrogens is 342 g/mol. The molecule has 2 amide bonds. The SMILES string of the molecule is CN1CCN(C(=O)CCCCOc2ccc(NC(=O)CCl)cc2)CC1. The minimum Gasteiger partial charge on any atom is -0.494 e. The van der Waals surface area contributed by atoms with Crippen LogP contribution in [0.15, 0.2) is 24.3 Å². The molecule has 1 fully saturated rings. The number of benzene rings is 1. The number of halogens is 1. The van der Waals surface area contributed by atoms with Crippen LogP contribution in [0.3, 0.4) is 0 Å². The molecular formula is C18H26ClN3O3. The average Bonchev–Trinajstić information content (AvgIpc) is 2.63. The molecule has 0 saturated carbocycles. The highest BCUT2D eigenvalue weighted by Crippen LogP contribution is 2.16. The Balaban J connectivity index is 1.59. The van der Waals surface area contributed by atoms with Crippen LogP contribution in [0.5, 0.6) is 5.75 Å². The van der Waals surface area contributed by atoms with E-state index in [1.807, 2.05) is 4.90 Å². The number of nitrogens with one attached hydrogen (secondary N) is 1. The van der Waals surface area contributed by atoms with Gasteiger partial charge >= 0.3 is 0 Å². The van der Waals surface area contributed by atoms with Crippen LogP contribution in [0.25, 0.3) is 0 Å². The van der Waals surface area contributed by atoms with E-state index in [-0.39, 0.29) is 17.7 Å². The summed E-state index contributed by atoms with van der Waals surface area (Å²) >= 11 is 5.44. The molecule has 0 bridgehead atoms. The van der Waals surface area contributed by atoms with E-state index in [1.54, 1.807) is 24.3 Å². The van der Waals surface area contributed by atoms with Gasteiger partial charge in [0.05, 0.1) is 6.61 Å². The van der Waals surface area contributed by atoms with Gasteiger partial charge in [-0.25, -0.2) is 0 Å². The molecule has 0 atom stereocenters. The maximum absolute atomic E-state index is 12.1. The molecule has 25 heavy (non-hydrogen) atoms. The van der Waals surface area contributed by atoms with Gasteiger partial charge in [0.15, 0.2) is 0 Å². The lowest BCUT2D eigenvalue weighted by molar-refractivity contribution is -0.132. The molecule has 1 heterocycles. The van der Waals surface area contributed by atoms with E-state index in [0.29, 0.717) is 18.7 Å². The second-order valence-corrected chi connectivity index (χ2v) is 6.46. The average molecular weight is 368 g/mol. The summed E-state index contributed by atoms with van der Waals surface area (Å²) in [4.78, 5) is 27.5. The Kier molecular flexibility index (Phi) is 8.01. The highest BCUT2D eigenvalue weighted by atomic mass is 35.5. The van der Waals surface area contributed by atoms with Crippen molar-refractivity contribution in [3.8, 4) is 5.75 Å². The van der Waals surface area contributed by atoms with Crippen molar-refractivity contribution in [3.05, 3.63) is 24.3 Å². The number of rotatable bonds is 8. The van der Waals surface area contributed by atoms with Crippen molar-refractivity contribution in [1.82, 2.24) is 9.80 Å². The molecule has 1 saturated heterocycles. The van der Waals surface area contributed by atoms with Gasteiger partial charge in [0.1, 0.15) is 11.6 Å². The molecule has 0 radical (unpaired) electrons. The van der Waals surface area contributed by atoms with Gasteiger partial charge in [-0.2, -0.15) is 0 Å². The maximum atomic E-state index is 12.1. The number of anilines is 1. The molecule has 0 aromatic heterocycles. The number of amides is 2. The summed E-state index contributed by atoms with van der Waals surface area (Å²) in [7, 11) is 2.08. The van der Waals surface area contributed by atoms with Gasteiger partial charge in [0.25, 0.3) is 0 Å². The van der Waals surface area contributed by atoms with Gasteiger partial charge in [0.2, 0.25) is 11.8 Å². The van der Waals surface area contributed by atoms with E-state index in [1.165, 1.54) is 0 Å². The molecule has 1 aliphatic rings. The second kappa shape index (κ2) is 10.3. The summed E-state index contributed by atoms with van der Waals surface area (Å²) in [5.74, 6) is 0.688. The van der Waals surface area contributed by atoms with Crippen molar-refractivity contribution < 1.29 is 14.3 Å². The number of carbonyl (C=O) groups is 2. The van der Waals surface area contributed by atoms with Crippen molar-refractivity contribution in [2.45, 2.75) is 19.3 Å². The van der Waals surface area contributed by atoms with Crippen LogP contribution in [0.4, 0.5) is 5.69 Å². The maximum Gasteiger partial charge on any atom is 0.239 e. The molecule has 6 nitrogen and oxygen atoms in total. The summed E-state index contributed by atoms with van der Waals surface area (Å²) in [5, 5.41) is 2.67. The van der Waals surface area contributed by atoms with E-state index in [0.717, 1.165) is 44.8 Å². The lowest BCUT2D eigenvalue weighted by Crippen LogP contribution is -2.47. The summed E-state index contributed by atoms with van der Waals surface area (Å²) in [6, 6.07) is 7.16. The first-order chi connectivity index (χ1) is 12.1. The Morgan fingerprint density at radius 1 is 1.12 bits per heavy atom. The van der Waals surface area contributed by atoms with Crippen LogP contribution in [-0.2, 0) is 9.59 Å². The monoisotopic (exact) mass is 367 g/mol.